The first-order chi connectivity index (χ1) is 14.1. The van der Waals surface area contributed by atoms with Gasteiger partial charge in [-0.3, -0.25) is 4.79 Å². The Balaban J connectivity index is 1.69. The number of amides is 1. The summed E-state index contributed by atoms with van der Waals surface area (Å²) in [5.74, 6) is -0.896. The van der Waals surface area contributed by atoms with Gasteiger partial charge < -0.3 is 10.1 Å². The molecule has 0 unspecified atom stereocenters. The van der Waals surface area contributed by atoms with Crippen molar-refractivity contribution in [3.63, 3.8) is 0 Å². The van der Waals surface area contributed by atoms with Crippen LogP contribution in [0.2, 0.25) is 5.02 Å². The lowest BCUT2D eigenvalue weighted by atomic mass is 10.0. The molecule has 4 aromatic rings. The lowest BCUT2D eigenvalue weighted by molar-refractivity contribution is 0.0529. The van der Waals surface area contributed by atoms with Crippen LogP contribution in [0.15, 0.2) is 60.1 Å². The van der Waals surface area contributed by atoms with Gasteiger partial charge in [-0.15, -0.1) is 11.3 Å². The number of hydrogen-bond acceptors (Lipinski definition) is 5. The molecule has 0 spiro atoms. The minimum absolute atomic E-state index is 0.231. The molecule has 0 aliphatic rings. The normalized spacial score (nSPS) is 10.8. The van der Waals surface area contributed by atoms with Crippen LogP contribution in [0.25, 0.3) is 16.6 Å². The van der Waals surface area contributed by atoms with E-state index in [9.17, 15) is 9.59 Å². The molecule has 0 fully saturated rings. The average Bonchev–Trinajstić information content (AvgIpc) is 3.33. The van der Waals surface area contributed by atoms with Gasteiger partial charge >= 0.3 is 5.97 Å². The number of ether oxygens (including phenoxy) is 1. The number of carbonyl (C=O) groups is 2. The molecular weight excluding hydrogens is 410 g/mol. The molecule has 1 aromatic carbocycles. The van der Waals surface area contributed by atoms with E-state index in [1.807, 2.05) is 35.7 Å². The SMILES string of the molecule is CCOC(=O)c1c(-c2ccc(Cl)cc2)csc1NC(=O)c1cc2ccccn2n1. The van der Waals surface area contributed by atoms with Crippen LogP contribution in [0.5, 0.6) is 0 Å². The summed E-state index contributed by atoms with van der Waals surface area (Å²) in [6.45, 7) is 1.97. The molecule has 0 saturated heterocycles. The Labute approximate surface area is 175 Å². The molecule has 6 nitrogen and oxygen atoms in total. The molecule has 8 heteroatoms. The number of nitrogens with one attached hydrogen (secondary N) is 1. The number of thiophene rings is 1. The fraction of sp³-hybridized carbons (Fsp3) is 0.0952. The number of benzene rings is 1. The number of pyridine rings is 1. The maximum absolute atomic E-state index is 12.8. The Morgan fingerprint density at radius 1 is 1.21 bits per heavy atom. The zero-order valence-electron chi connectivity index (χ0n) is 15.4. The van der Waals surface area contributed by atoms with E-state index in [2.05, 4.69) is 10.4 Å². The maximum Gasteiger partial charge on any atom is 0.341 e. The maximum atomic E-state index is 12.8. The highest BCUT2D eigenvalue weighted by atomic mass is 35.5. The van der Waals surface area contributed by atoms with Crippen LogP contribution in [0, 0.1) is 0 Å². The Morgan fingerprint density at radius 2 is 2.00 bits per heavy atom. The lowest BCUT2D eigenvalue weighted by Crippen LogP contribution is -2.15. The van der Waals surface area contributed by atoms with Crippen molar-refractivity contribution in [3.05, 3.63) is 76.4 Å². The molecule has 1 amide bonds. The highest BCUT2D eigenvalue weighted by molar-refractivity contribution is 7.15. The second-order valence-corrected chi connectivity index (χ2v) is 7.45. The number of rotatable bonds is 5. The Hall–Kier alpha value is -3.16. The van der Waals surface area contributed by atoms with Crippen molar-refractivity contribution in [2.75, 3.05) is 11.9 Å². The van der Waals surface area contributed by atoms with Gasteiger partial charge in [-0.1, -0.05) is 29.8 Å². The monoisotopic (exact) mass is 425 g/mol. The quantitative estimate of drug-likeness (QED) is 0.449. The van der Waals surface area contributed by atoms with Gasteiger partial charge in [0.15, 0.2) is 5.69 Å². The molecule has 0 radical (unpaired) electrons. The second kappa shape index (κ2) is 8.06. The summed E-state index contributed by atoms with van der Waals surface area (Å²) in [7, 11) is 0. The number of nitrogens with zero attached hydrogens (tertiary/aromatic N) is 2. The molecule has 1 N–H and O–H groups in total. The second-order valence-electron chi connectivity index (χ2n) is 6.13. The van der Waals surface area contributed by atoms with Gasteiger partial charge in [-0.25, -0.2) is 9.31 Å². The van der Waals surface area contributed by atoms with Crippen molar-refractivity contribution in [1.82, 2.24) is 9.61 Å². The smallest absolute Gasteiger partial charge is 0.341 e. The number of halogens is 1. The van der Waals surface area contributed by atoms with Crippen molar-refractivity contribution < 1.29 is 14.3 Å². The first-order valence-electron chi connectivity index (χ1n) is 8.87. The summed E-state index contributed by atoms with van der Waals surface area (Å²) < 4.78 is 6.84. The van der Waals surface area contributed by atoms with Crippen LogP contribution in [0.3, 0.4) is 0 Å². The third-order valence-electron chi connectivity index (χ3n) is 4.26. The van der Waals surface area contributed by atoms with Gasteiger partial charge in [0.2, 0.25) is 0 Å². The minimum atomic E-state index is -0.496. The summed E-state index contributed by atoms with van der Waals surface area (Å²) >= 11 is 7.23. The van der Waals surface area contributed by atoms with Crippen LogP contribution in [-0.2, 0) is 4.74 Å². The number of carbonyl (C=O) groups excluding carboxylic acids is 2. The van der Waals surface area contributed by atoms with Crippen molar-refractivity contribution in [1.29, 1.82) is 0 Å². The number of anilines is 1. The molecule has 29 heavy (non-hydrogen) atoms. The molecule has 4 rings (SSSR count). The predicted octanol–water partition coefficient (Wildman–Crippen LogP) is 5.15. The molecule has 3 heterocycles. The van der Waals surface area contributed by atoms with Gasteiger partial charge in [-0.05, 0) is 42.8 Å². The van der Waals surface area contributed by atoms with Crippen LogP contribution in [-0.4, -0.2) is 28.1 Å². The van der Waals surface area contributed by atoms with E-state index in [4.69, 9.17) is 16.3 Å². The zero-order valence-corrected chi connectivity index (χ0v) is 17.0. The molecule has 146 valence electrons. The number of esters is 1. The molecule has 0 atom stereocenters. The summed E-state index contributed by atoms with van der Waals surface area (Å²) in [5, 5.41) is 9.90. The summed E-state index contributed by atoms with van der Waals surface area (Å²) in [4.78, 5) is 25.4. The Morgan fingerprint density at radius 3 is 2.72 bits per heavy atom. The van der Waals surface area contributed by atoms with Crippen molar-refractivity contribution in [2.24, 2.45) is 0 Å². The van der Waals surface area contributed by atoms with Gasteiger partial charge in [0.1, 0.15) is 10.6 Å². The van der Waals surface area contributed by atoms with E-state index in [0.717, 1.165) is 11.1 Å². The van der Waals surface area contributed by atoms with Crippen molar-refractivity contribution in [2.45, 2.75) is 6.92 Å². The topological polar surface area (TPSA) is 72.7 Å². The van der Waals surface area contributed by atoms with E-state index >= 15 is 0 Å². The van der Waals surface area contributed by atoms with Gasteiger partial charge in [0, 0.05) is 22.2 Å². The van der Waals surface area contributed by atoms with E-state index in [1.54, 1.807) is 35.8 Å². The third-order valence-corrected chi connectivity index (χ3v) is 5.40. The minimum Gasteiger partial charge on any atom is -0.462 e. The van der Waals surface area contributed by atoms with Crippen LogP contribution in [0.1, 0.15) is 27.8 Å². The summed E-state index contributed by atoms with van der Waals surface area (Å²) in [5.41, 5.74) is 2.86. The molecule has 0 saturated carbocycles. The summed E-state index contributed by atoms with van der Waals surface area (Å²) in [6.07, 6.45) is 1.76. The summed E-state index contributed by atoms with van der Waals surface area (Å²) in [6, 6.07) is 14.4. The fourth-order valence-electron chi connectivity index (χ4n) is 2.91. The predicted molar refractivity (Wildman–Crippen MR) is 114 cm³/mol. The number of fused-ring (bicyclic) bond motifs is 1. The van der Waals surface area contributed by atoms with Crippen molar-refractivity contribution >= 4 is 45.3 Å². The van der Waals surface area contributed by atoms with E-state index < -0.39 is 11.9 Å². The zero-order chi connectivity index (χ0) is 20.4. The van der Waals surface area contributed by atoms with E-state index in [-0.39, 0.29) is 12.3 Å². The molecule has 0 bridgehead atoms. The molecular formula is C21H16ClN3O3S. The Bertz CT molecular complexity index is 1160. The molecule has 0 aliphatic heterocycles. The average molecular weight is 426 g/mol. The molecule has 3 aromatic heterocycles. The fourth-order valence-corrected chi connectivity index (χ4v) is 3.99. The number of hydrogen-bond donors (Lipinski definition) is 1. The third kappa shape index (κ3) is 3.87. The standard InChI is InChI=1S/C21H16ClN3O3S/c1-2-28-21(27)18-16(13-6-8-14(22)9-7-13)12-29-20(18)23-19(26)17-11-15-5-3-4-10-25(15)24-17/h3-12H,2H2,1H3,(H,23,26). The van der Waals surface area contributed by atoms with Gasteiger partial charge in [0.25, 0.3) is 5.91 Å². The highest BCUT2D eigenvalue weighted by Gasteiger charge is 2.24. The lowest BCUT2D eigenvalue weighted by Gasteiger charge is -2.08. The first kappa shape index (κ1) is 19.2. The first-order valence-corrected chi connectivity index (χ1v) is 10.1. The van der Waals surface area contributed by atoms with Crippen LogP contribution >= 0.6 is 22.9 Å². The van der Waals surface area contributed by atoms with E-state index in [0.29, 0.717) is 21.2 Å². The largest absolute Gasteiger partial charge is 0.462 e. The Kier molecular flexibility index (Phi) is 5.33. The van der Waals surface area contributed by atoms with Crippen LogP contribution in [0.4, 0.5) is 5.00 Å². The van der Waals surface area contributed by atoms with Gasteiger partial charge in [-0.2, -0.15) is 5.10 Å². The van der Waals surface area contributed by atoms with Crippen molar-refractivity contribution in [3.8, 4) is 11.1 Å². The van der Waals surface area contributed by atoms with E-state index in [1.165, 1.54) is 11.3 Å². The molecule has 0 aliphatic carbocycles. The highest BCUT2D eigenvalue weighted by Crippen LogP contribution is 2.37. The van der Waals surface area contributed by atoms with Gasteiger partial charge in [0.05, 0.1) is 12.1 Å². The number of aromatic nitrogens is 2. The van der Waals surface area contributed by atoms with Crippen LogP contribution < -0.4 is 5.32 Å².